The molecule has 0 amide bonds. The normalized spacial score (nSPS) is 13.5. The van der Waals surface area contributed by atoms with Crippen LogP contribution in [-0.2, 0) is 24.2 Å². The molecule has 3 aromatic rings. The molecule has 0 aliphatic heterocycles. The molecule has 0 saturated heterocycles. The van der Waals surface area contributed by atoms with Crippen molar-refractivity contribution in [2.75, 3.05) is 45.9 Å². The lowest BCUT2D eigenvalue weighted by Crippen LogP contribution is -2.27. The molecule has 2 atom stereocenters. The summed E-state index contributed by atoms with van der Waals surface area (Å²) in [7, 11) is -0.314. The minimum atomic E-state index is -3.62. The molecular formula is C24H34N6O5S. The van der Waals surface area contributed by atoms with Gasteiger partial charge in [0.25, 0.3) is 0 Å². The molecule has 36 heavy (non-hydrogen) atoms. The number of aromatic nitrogens is 4. The lowest BCUT2D eigenvalue weighted by molar-refractivity contribution is 0.102. The van der Waals surface area contributed by atoms with Crippen LogP contribution in [0.1, 0.15) is 38.7 Å². The first-order chi connectivity index (χ1) is 17.3. The number of ether oxygens (including phenoxy) is 3. The first-order valence-corrected chi connectivity index (χ1v) is 13.2. The SMILES string of the molecule is CCOCCNS(=O)(=O)c1ccc(Nc2nccc(-c3cnc(C(C)OC)n3C(C)COC)n2)cc1. The molecule has 1 aromatic carbocycles. The zero-order valence-corrected chi connectivity index (χ0v) is 22.1. The number of hydrogen-bond acceptors (Lipinski definition) is 9. The van der Waals surface area contributed by atoms with Crippen LogP contribution in [-0.4, -0.2) is 68.5 Å². The van der Waals surface area contributed by atoms with E-state index >= 15 is 0 Å². The average molecular weight is 519 g/mol. The minimum Gasteiger partial charge on any atom is -0.383 e. The molecule has 0 fully saturated rings. The van der Waals surface area contributed by atoms with Gasteiger partial charge in [-0.3, -0.25) is 0 Å². The third-order valence-corrected chi connectivity index (χ3v) is 6.95. The van der Waals surface area contributed by atoms with Gasteiger partial charge >= 0.3 is 0 Å². The van der Waals surface area contributed by atoms with Gasteiger partial charge in [0.05, 0.1) is 41.7 Å². The molecule has 12 heteroatoms. The summed E-state index contributed by atoms with van der Waals surface area (Å²) in [6.07, 6.45) is 3.21. The second-order valence-electron chi connectivity index (χ2n) is 8.06. The van der Waals surface area contributed by atoms with Crippen molar-refractivity contribution in [1.82, 2.24) is 24.2 Å². The van der Waals surface area contributed by atoms with Crippen LogP contribution in [0, 0.1) is 0 Å². The molecule has 0 aliphatic carbocycles. The summed E-state index contributed by atoms with van der Waals surface area (Å²) < 4.78 is 45.5. The number of hydrogen-bond donors (Lipinski definition) is 2. The molecule has 2 N–H and O–H groups in total. The maximum atomic E-state index is 12.4. The number of nitrogens with zero attached hydrogens (tertiary/aromatic N) is 4. The number of anilines is 2. The Morgan fingerprint density at radius 3 is 2.50 bits per heavy atom. The zero-order chi connectivity index (χ0) is 26.1. The molecule has 0 bridgehead atoms. The van der Waals surface area contributed by atoms with Gasteiger partial charge in [-0.2, -0.15) is 0 Å². The maximum absolute atomic E-state index is 12.4. The Balaban J connectivity index is 1.80. The van der Waals surface area contributed by atoms with Crippen molar-refractivity contribution in [3.8, 4) is 11.4 Å². The Morgan fingerprint density at radius 1 is 1.08 bits per heavy atom. The largest absolute Gasteiger partial charge is 0.383 e. The topological polar surface area (TPSA) is 129 Å². The van der Waals surface area contributed by atoms with Crippen molar-refractivity contribution in [3.05, 3.63) is 48.5 Å². The monoisotopic (exact) mass is 518 g/mol. The van der Waals surface area contributed by atoms with Crippen molar-refractivity contribution in [2.24, 2.45) is 0 Å². The number of rotatable bonds is 14. The highest BCUT2D eigenvalue weighted by Crippen LogP contribution is 2.28. The molecule has 2 unspecified atom stereocenters. The van der Waals surface area contributed by atoms with Crippen molar-refractivity contribution < 1.29 is 22.6 Å². The Hall–Kier alpha value is -2.90. The van der Waals surface area contributed by atoms with Gasteiger partial charge < -0.3 is 24.1 Å². The van der Waals surface area contributed by atoms with Crippen LogP contribution in [0.2, 0.25) is 0 Å². The highest BCUT2D eigenvalue weighted by atomic mass is 32.2. The van der Waals surface area contributed by atoms with Crippen molar-refractivity contribution in [1.29, 1.82) is 0 Å². The predicted molar refractivity (Wildman–Crippen MR) is 137 cm³/mol. The minimum absolute atomic E-state index is 0.00288. The molecule has 0 radical (unpaired) electrons. The van der Waals surface area contributed by atoms with E-state index in [2.05, 4.69) is 29.6 Å². The Bertz CT molecular complexity index is 1220. The van der Waals surface area contributed by atoms with Gasteiger partial charge in [0, 0.05) is 39.3 Å². The van der Waals surface area contributed by atoms with E-state index in [0.29, 0.717) is 37.2 Å². The first kappa shape index (κ1) is 27.7. The Labute approximate surface area is 212 Å². The van der Waals surface area contributed by atoms with Crippen LogP contribution in [0.25, 0.3) is 11.4 Å². The summed E-state index contributed by atoms with van der Waals surface area (Å²) in [5.74, 6) is 1.14. The van der Waals surface area contributed by atoms with Crippen LogP contribution >= 0.6 is 0 Å². The quantitative estimate of drug-likeness (QED) is 0.309. The molecule has 0 spiro atoms. The Morgan fingerprint density at radius 2 is 1.83 bits per heavy atom. The van der Waals surface area contributed by atoms with E-state index in [0.717, 1.165) is 11.5 Å². The third-order valence-electron chi connectivity index (χ3n) is 5.47. The summed E-state index contributed by atoms with van der Waals surface area (Å²) >= 11 is 0. The highest BCUT2D eigenvalue weighted by molar-refractivity contribution is 7.89. The van der Waals surface area contributed by atoms with E-state index in [1.54, 1.807) is 38.7 Å². The van der Waals surface area contributed by atoms with Gasteiger partial charge in [-0.25, -0.2) is 28.1 Å². The van der Waals surface area contributed by atoms with Gasteiger partial charge in [0.1, 0.15) is 11.9 Å². The van der Waals surface area contributed by atoms with E-state index in [-0.39, 0.29) is 23.6 Å². The summed E-state index contributed by atoms with van der Waals surface area (Å²) in [5, 5.41) is 3.13. The Kier molecular flexibility index (Phi) is 9.90. The molecule has 11 nitrogen and oxygen atoms in total. The fourth-order valence-electron chi connectivity index (χ4n) is 3.63. The smallest absolute Gasteiger partial charge is 0.240 e. The van der Waals surface area contributed by atoms with E-state index in [9.17, 15) is 8.42 Å². The van der Waals surface area contributed by atoms with Crippen LogP contribution in [0.5, 0.6) is 0 Å². The zero-order valence-electron chi connectivity index (χ0n) is 21.3. The van der Waals surface area contributed by atoms with E-state index in [4.69, 9.17) is 14.2 Å². The standard InChI is InChI=1S/C24H34N6O5S/c1-6-35-14-13-27-36(31,32)20-9-7-19(8-10-20)28-24-25-12-11-21(29-24)22-15-26-23(18(3)34-5)30(22)17(2)16-33-4/h7-12,15,17-18,27H,6,13-14,16H2,1-5H3,(H,25,28,29). The summed E-state index contributed by atoms with van der Waals surface area (Å²) in [4.78, 5) is 13.7. The molecule has 0 saturated carbocycles. The third kappa shape index (κ3) is 6.86. The number of nitrogens with one attached hydrogen (secondary N) is 2. The van der Waals surface area contributed by atoms with Crippen LogP contribution < -0.4 is 10.0 Å². The van der Waals surface area contributed by atoms with E-state index in [1.807, 2.05) is 26.8 Å². The second-order valence-corrected chi connectivity index (χ2v) is 9.83. The summed E-state index contributed by atoms with van der Waals surface area (Å²) in [6, 6.07) is 8.18. The highest BCUT2D eigenvalue weighted by Gasteiger charge is 2.22. The summed E-state index contributed by atoms with van der Waals surface area (Å²) in [5.41, 5.74) is 2.13. The number of sulfonamides is 1. The number of methoxy groups -OCH3 is 2. The van der Waals surface area contributed by atoms with Gasteiger partial charge in [-0.15, -0.1) is 0 Å². The second kappa shape index (κ2) is 12.9. The van der Waals surface area contributed by atoms with Crippen molar-refractivity contribution in [3.63, 3.8) is 0 Å². The van der Waals surface area contributed by atoms with E-state index < -0.39 is 10.0 Å². The molecule has 196 valence electrons. The molecular weight excluding hydrogens is 484 g/mol. The van der Waals surface area contributed by atoms with E-state index in [1.165, 1.54) is 12.1 Å². The van der Waals surface area contributed by atoms with Gasteiger partial charge in [-0.05, 0) is 51.1 Å². The predicted octanol–water partition coefficient (Wildman–Crippen LogP) is 3.31. The molecule has 0 aliphatic rings. The van der Waals surface area contributed by atoms with Crippen LogP contribution in [0.4, 0.5) is 11.6 Å². The fraction of sp³-hybridized carbons (Fsp3) is 0.458. The van der Waals surface area contributed by atoms with Gasteiger partial charge in [-0.1, -0.05) is 0 Å². The number of benzene rings is 1. The fourth-order valence-corrected chi connectivity index (χ4v) is 4.65. The van der Waals surface area contributed by atoms with Gasteiger partial charge in [0.2, 0.25) is 16.0 Å². The molecule has 3 rings (SSSR count). The van der Waals surface area contributed by atoms with Crippen LogP contribution in [0.15, 0.2) is 47.6 Å². The average Bonchev–Trinajstić information content (AvgIpc) is 3.32. The van der Waals surface area contributed by atoms with Crippen LogP contribution in [0.3, 0.4) is 0 Å². The van der Waals surface area contributed by atoms with Gasteiger partial charge in [0.15, 0.2) is 0 Å². The molecule has 2 aromatic heterocycles. The first-order valence-electron chi connectivity index (χ1n) is 11.7. The lowest BCUT2D eigenvalue weighted by Gasteiger charge is -2.21. The summed E-state index contributed by atoms with van der Waals surface area (Å²) in [6.45, 7) is 7.40. The molecule has 2 heterocycles. The number of imidazole rings is 1. The van der Waals surface area contributed by atoms with Crippen molar-refractivity contribution in [2.45, 2.75) is 37.8 Å². The lowest BCUT2D eigenvalue weighted by atomic mass is 10.2. The van der Waals surface area contributed by atoms with Crippen molar-refractivity contribution >= 4 is 21.7 Å². The maximum Gasteiger partial charge on any atom is 0.240 e.